The zero-order chi connectivity index (χ0) is 14.1. The molecule has 6 heteroatoms. The highest BCUT2D eigenvalue weighted by atomic mass is 16.4. The number of carbonyl (C=O) groups is 1. The van der Waals surface area contributed by atoms with Crippen molar-refractivity contribution in [1.29, 1.82) is 0 Å². The fourth-order valence-corrected chi connectivity index (χ4v) is 2.22. The minimum absolute atomic E-state index is 0.238. The van der Waals surface area contributed by atoms with Crippen LogP contribution in [0, 0.1) is 0 Å². The lowest BCUT2D eigenvalue weighted by Crippen LogP contribution is -2.22. The molecule has 6 nitrogen and oxygen atoms in total. The molecule has 0 spiro atoms. The Morgan fingerprint density at radius 1 is 1.25 bits per heavy atom. The summed E-state index contributed by atoms with van der Waals surface area (Å²) < 4.78 is 0. The largest absolute Gasteiger partial charge is 0.465 e. The Hall–Kier alpha value is -2.47. The molecular weight excluding hydrogens is 258 g/mol. The third-order valence-corrected chi connectivity index (χ3v) is 3.31. The van der Waals surface area contributed by atoms with Gasteiger partial charge in [0.2, 0.25) is 0 Å². The van der Waals surface area contributed by atoms with Crippen molar-refractivity contribution < 1.29 is 15.0 Å². The first kappa shape index (κ1) is 12.6. The molecule has 1 unspecified atom stereocenters. The van der Waals surface area contributed by atoms with Gasteiger partial charge in [0, 0.05) is 11.8 Å². The molecule has 0 bridgehead atoms. The molecule has 0 fully saturated rings. The van der Waals surface area contributed by atoms with Crippen LogP contribution >= 0.6 is 0 Å². The van der Waals surface area contributed by atoms with Crippen molar-refractivity contribution in [3.8, 4) is 0 Å². The minimum atomic E-state index is -0.979. The third-order valence-electron chi connectivity index (χ3n) is 3.31. The van der Waals surface area contributed by atoms with Crippen LogP contribution in [0.2, 0.25) is 0 Å². The maximum Gasteiger partial charge on any atom is 0.407 e. The van der Waals surface area contributed by atoms with E-state index in [0.717, 1.165) is 5.56 Å². The molecule has 1 amide bonds. The van der Waals surface area contributed by atoms with Gasteiger partial charge in [0.25, 0.3) is 0 Å². The summed E-state index contributed by atoms with van der Waals surface area (Å²) in [6.45, 7) is 0.536. The van der Waals surface area contributed by atoms with E-state index >= 15 is 0 Å². The predicted molar refractivity (Wildman–Crippen MR) is 69.8 cm³/mol. The van der Waals surface area contributed by atoms with E-state index in [1.807, 2.05) is 18.2 Å². The molecule has 1 aliphatic heterocycles. The van der Waals surface area contributed by atoms with Crippen LogP contribution in [-0.2, 0) is 13.1 Å². The fourth-order valence-electron chi connectivity index (χ4n) is 2.22. The van der Waals surface area contributed by atoms with Gasteiger partial charge >= 0.3 is 6.09 Å². The van der Waals surface area contributed by atoms with E-state index in [9.17, 15) is 9.90 Å². The second-order valence-electron chi connectivity index (χ2n) is 4.65. The standard InChI is InChI=1S/C14H13N3O3/c18-12(9-4-2-1-3-5-9)13-15-6-10-7-17(14(19)20)8-11(10)16-13/h1-6,12,18H,7-8H2,(H,19,20). The predicted octanol–water partition coefficient (Wildman–Crippen LogP) is 1.55. The van der Waals surface area contributed by atoms with Crippen LogP contribution in [0.25, 0.3) is 0 Å². The number of aliphatic hydroxyl groups excluding tert-OH is 1. The van der Waals surface area contributed by atoms with Crippen LogP contribution in [0.15, 0.2) is 36.5 Å². The maximum atomic E-state index is 10.9. The second-order valence-corrected chi connectivity index (χ2v) is 4.65. The number of rotatable bonds is 2. The van der Waals surface area contributed by atoms with Crippen molar-refractivity contribution >= 4 is 6.09 Å². The minimum Gasteiger partial charge on any atom is -0.465 e. The Kier molecular flexibility index (Phi) is 3.08. The van der Waals surface area contributed by atoms with Gasteiger partial charge in [-0.15, -0.1) is 0 Å². The van der Waals surface area contributed by atoms with Crippen LogP contribution in [0.3, 0.4) is 0 Å². The van der Waals surface area contributed by atoms with Crippen LogP contribution in [0.4, 0.5) is 4.79 Å². The summed E-state index contributed by atoms with van der Waals surface area (Å²) in [5.74, 6) is 0.294. The highest BCUT2D eigenvalue weighted by molar-refractivity contribution is 5.66. The highest BCUT2D eigenvalue weighted by Gasteiger charge is 2.26. The molecular formula is C14H13N3O3. The summed E-state index contributed by atoms with van der Waals surface area (Å²) in [4.78, 5) is 20.6. The summed E-state index contributed by atoms with van der Waals surface area (Å²) in [6.07, 6.45) is -0.291. The van der Waals surface area contributed by atoms with E-state index in [1.165, 1.54) is 4.90 Å². The Balaban J connectivity index is 1.88. The smallest absolute Gasteiger partial charge is 0.407 e. The molecule has 2 heterocycles. The first-order chi connectivity index (χ1) is 9.65. The van der Waals surface area contributed by atoms with Crippen molar-refractivity contribution in [1.82, 2.24) is 14.9 Å². The Bertz CT molecular complexity index is 645. The lowest BCUT2D eigenvalue weighted by molar-refractivity contribution is 0.145. The first-order valence-corrected chi connectivity index (χ1v) is 6.20. The van der Waals surface area contributed by atoms with Crippen molar-refractivity contribution in [3.63, 3.8) is 0 Å². The number of aromatic nitrogens is 2. The van der Waals surface area contributed by atoms with Crippen LogP contribution in [-0.4, -0.2) is 31.2 Å². The lowest BCUT2D eigenvalue weighted by Gasteiger charge is -2.10. The van der Waals surface area contributed by atoms with Crippen molar-refractivity contribution in [2.75, 3.05) is 0 Å². The normalized spacial score (nSPS) is 14.9. The number of carboxylic acid groups (broad SMARTS) is 1. The summed E-state index contributed by atoms with van der Waals surface area (Å²) in [5.41, 5.74) is 2.16. The Labute approximate surface area is 115 Å². The van der Waals surface area contributed by atoms with E-state index in [-0.39, 0.29) is 6.54 Å². The molecule has 1 aromatic heterocycles. The van der Waals surface area contributed by atoms with Crippen molar-refractivity contribution in [2.24, 2.45) is 0 Å². The molecule has 0 saturated heterocycles. The van der Waals surface area contributed by atoms with E-state index in [4.69, 9.17) is 5.11 Å². The summed E-state index contributed by atoms with van der Waals surface area (Å²) >= 11 is 0. The van der Waals surface area contributed by atoms with Gasteiger partial charge < -0.3 is 10.2 Å². The SMILES string of the molecule is O=C(O)N1Cc2cnc(C(O)c3ccccc3)nc2C1. The monoisotopic (exact) mass is 271 g/mol. The molecule has 1 atom stereocenters. The number of amides is 1. The van der Waals surface area contributed by atoms with Gasteiger partial charge in [-0.05, 0) is 5.56 Å². The molecule has 20 heavy (non-hydrogen) atoms. The van der Waals surface area contributed by atoms with Gasteiger partial charge in [-0.25, -0.2) is 14.8 Å². The number of aliphatic hydroxyl groups is 1. The van der Waals surface area contributed by atoms with E-state index in [1.54, 1.807) is 18.3 Å². The van der Waals surface area contributed by atoms with Crippen LogP contribution in [0.5, 0.6) is 0 Å². The number of fused-ring (bicyclic) bond motifs is 1. The number of hydrogen-bond donors (Lipinski definition) is 2. The Morgan fingerprint density at radius 3 is 2.70 bits per heavy atom. The van der Waals surface area contributed by atoms with Gasteiger partial charge in [0.1, 0.15) is 6.10 Å². The topological polar surface area (TPSA) is 86.5 Å². The fraction of sp³-hybridized carbons (Fsp3) is 0.214. The highest BCUT2D eigenvalue weighted by Crippen LogP contribution is 2.24. The lowest BCUT2D eigenvalue weighted by atomic mass is 10.1. The van der Waals surface area contributed by atoms with Crippen molar-refractivity contribution in [3.05, 3.63) is 59.2 Å². The average molecular weight is 271 g/mol. The summed E-state index contributed by atoms with van der Waals surface area (Å²) in [5, 5.41) is 19.2. The van der Waals surface area contributed by atoms with Crippen molar-refractivity contribution in [2.45, 2.75) is 19.2 Å². The van der Waals surface area contributed by atoms with Gasteiger partial charge in [-0.2, -0.15) is 0 Å². The van der Waals surface area contributed by atoms with Gasteiger partial charge in [-0.1, -0.05) is 30.3 Å². The molecule has 0 radical (unpaired) electrons. The number of nitrogens with zero attached hydrogens (tertiary/aromatic N) is 3. The zero-order valence-electron chi connectivity index (χ0n) is 10.6. The third kappa shape index (κ3) is 2.21. The molecule has 3 rings (SSSR count). The molecule has 1 aromatic carbocycles. The van der Waals surface area contributed by atoms with E-state index in [2.05, 4.69) is 9.97 Å². The van der Waals surface area contributed by atoms with Gasteiger partial charge in [0.15, 0.2) is 5.82 Å². The van der Waals surface area contributed by atoms with Crippen LogP contribution < -0.4 is 0 Å². The molecule has 0 saturated carbocycles. The van der Waals surface area contributed by atoms with E-state index in [0.29, 0.717) is 23.6 Å². The summed E-state index contributed by atoms with van der Waals surface area (Å²) in [6, 6.07) is 9.12. The second kappa shape index (κ2) is 4.90. The maximum absolute atomic E-state index is 10.9. The zero-order valence-corrected chi connectivity index (χ0v) is 10.6. The van der Waals surface area contributed by atoms with E-state index < -0.39 is 12.2 Å². The molecule has 1 aliphatic rings. The molecule has 2 aromatic rings. The van der Waals surface area contributed by atoms with Crippen LogP contribution in [0.1, 0.15) is 28.7 Å². The quantitative estimate of drug-likeness (QED) is 0.865. The average Bonchev–Trinajstić information content (AvgIpc) is 2.90. The Morgan fingerprint density at radius 2 is 2.00 bits per heavy atom. The van der Waals surface area contributed by atoms with Gasteiger partial charge in [-0.3, -0.25) is 4.90 Å². The van der Waals surface area contributed by atoms with Gasteiger partial charge in [0.05, 0.1) is 18.8 Å². The number of hydrogen-bond acceptors (Lipinski definition) is 4. The molecule has 2 N–H and O–H groups in total. The summed E-state index contributed by atoms with van der Waals surface area (Å²) in [7, 11) is 0. The number of benzene rings is 1. The molecule has 102 valence electrons. The first-order valence-electron chi connectivity index (χ1n) is 6.20. The molecule has 0 aliphatic carbocycles.